The number of Topliss-reactive ketones (excluding diaryl/α,β-unsaturated/α-hetero) is 1. The molecule has 190 valence electrons. The summed E-state index contributed by atoms with van der Waals surface area (Å²) in [6.45, 7) is 6.06. The molecule has 0 heterocycles. The van der Waals surface area contributed by atoms with Gasteiger partial charge in [0.1, 0.15) is 17.7 Å². The predicted octanol–water partition coefficient (Wildman–Crippen LogP) is 3.29. The van der Waals surface area contributed by atoms with Gasteiger partial charge in [-0.25, -0.2) is 13.6 Å². The highest BCUT2D eigenvalue weighted by atomic mass is 19.3. The van der Waals surface area contributed by atoms with Crippen LogP contribution in [0.15, 0.2) is 54.6 Å². The zero-order chi connectivity index (χ0) is 26.4. The quantitative estimate of drug-likeness (QED) is 0.426. The number of ketones is 1. The van der Waals surface area contributed by atoms with Gasteiger partial charge in [-0.3, -0.25) is 14.9 Å². The number of carbonyl (C=O) groups excluding carboxylic acids is 3. The van der Waals surface area contributed by atoms with Gasteiger partial charge >= 0.3 is 6.09 Å². The Hall–Kier alpha value is -3.37. The molecule has 0 bridgehead atoms. The number of halogens is 2. The molecular weight excluding hydrogens is 460 g/mol. The Kier molecular flexibility index (Phi) is 9.06. The minimum absolute atomic E-state index is 0.202. The molecule has 2 aromatic rings. The fourth-order valence-corrected chi connectivity index (χ4v) is 3.21. The first-order chi connectivity index (χ1) is 16.2. The van der Waals surface area contributed by atoms with Crippen molar-refractivity contribution in [3.8, 4) is 0 Å². The molecule has 2 rings (SSSR count). The molecule has 0 radical (unpaired) electrons. The van der Waals surface area contributed by atoms with Gasteiger partial charge in [0.05, 0.1) is 6.04 Å². The second-order valence-corrected chi connectivity index (χ2v) is 9.18. The van der Waals surface area contributed by atoms with Gasteiger partial charge in [0.15, 0.2) is 5.78 Å². The maximum absolute atomic E-state index is 14.8. The number of benzene rings is 2. The maximum atomic E-state index is 14.8. The number of ether oxygens (including phenoxy) is 1. The summed E-state index contributed by atoms with van der Waals surface area (Å²) in [7, 11) is 0. The van der Waals surface area contributed by atoms with Crippen LogP contribution in [-0.2, 0) is 16.0 Å². The Morgan fingerprint density at radius 1 is 1.03 bits per heavy atom. The molecule has 0 spiro atoms. The number of aliphatic hydroxyl groups excluding tert-OH is 1. The first kappa shape index (κ1) is 27.9. The molecule has 0 aromatic heterocycles. The number of amides is 2. The van der Waals surface area contributed by atoms with E-state index >= 15 is 0 Å². The second kappa shape index (κ2) is 11.4. The first-order valence-corrected chi connectivity index (χ1v) is 11.0. The van der Waals surface area contributed by atoms with Gasteiger partial charge in [0.25, 0.3) is 11.8 Å². The number of hydrogen-bond acceptors (Lipinski definition) is 6. The number of alkyl halides is 2. The lowest BCUT2D eigenvalue weighted by molar-refractivity contribution is -0.151. The minimum atomic E-state index is -4.00. The SMILES string of the molecule is CC(=O)C(N)C(F)(F)C(O)C(Cc1ccc(NC(=O)OC(C)(C)C)cc1)NC(=O)c1ccccc1. The van der Waals surface area contributed by atoms with Gasteiger partial charge in [-0.2, -0.15) is 0 Å². The Balaban J connectivity index is 2.24. The van der Waals surface area contributed by atoms with Gasteiger partial charge in [0, 0.05) is 11.3 Å². The molecule has 0 saturated carbocycles. The highest BCUT2D eigenvalue weighted by Crippen LogP contribution is 2.27. The van der Waals surface area contributed by atoms with Crippen molar-refractivity contribution in [1.82, 2.24) is 5.32 Å². The average Bonchev–Trinajstić information content (AvgIpc) is 2.77. The number of nitrogens with one attached hydrogen (secondary N) is 2. The van der Waals surface area contributed by atoms with E-state index < -0.39 is 47.5 Å². The van der Waals surface area contributed by atoms with E-state index in [1.54, 1.807) is 51.1 Å². The van der Waals surface area contributed by atoms with Gasteiger partial charge in [-0.15, -0.1) is 0 Å². The van der Waals surface area contributed by atoms with E-state index in [1.165, 1.54) is 24.3 Å². The molecule has 2 aromatic carbocycles. The third-order valence-electron chi connectivity index (χ3n) is 5.04. The third kappa shape index (κ3) is 8.11. The largest absolute Gasteiger partial charge is 0.444 e. The molecule has 8 nitrogen and oxygen atoms in total. The average molecular weight is 492 g/mol. The molecule has 5 N–H and O–H groups in total. The number of aliphatic hydroxyl groups is 1. The van der Waals surface area contributed by atoms with Crippen LogP contribution < -0.4 is 16.4 Å². The predicted molar refractivity (Wildman–Crippen MR) is 127 cm³/mol. The molecule has 0 saturated heterocycles. The summed E-state index contributed by atoms with van der Waals surface area (Å²) < 4.78 is 34.8. The molecular formula is C25H31F2N3O5. The standard InChI is InChI=1S/C25H31F2N3O5/c1-15(31)20(28)25(26,27)21(32)19(30-22(33)17-8-6-5-7-9-17)14-16-10-12-18(13-11-16)29-23(34)35-24(2,3)4/h5-13,19-21,32H,14,28H2,1-4H3,(H,29,34)(H,30,33). The molecule has 0 fully saturated rings. The number of anilines is 1. The van der Waals surface area contributed by atoms with Crippen LogP contribution in [0.1, 0.15) is 43.6 Å². The number of carbonyl (C=O) groups is 3. The van der Waals surface area contributed by atoms with Crippen molar-refractivity contribution < 1.29 is 33.0 Å². The third-order valence-corrected chi connectivity index (χ3v) is 5.04. The van der Waals surface area contributed by atoms with Crippen LogP contribution in [0.5, 0.6) is 0 Å². The lowest BCUT2D eigenvalue weighted by Crippen LogP contribution is -2.60. The molecule has 2 amide bonds. The zero-order valence-corrected chi connectivity index (χ0v) is 20.0. The summed E-state index contributed by atoms with van der Waals surface area (Å²) in [5, 5.41) is 15.5. The minimum Gasteiger partial charge on any atom is -0.444 e. The Morgan fingerprint density at radius 2 is 1.60 bits per heavy atom. The van der Waals surface area contributed by atoms with Crippen LogP contribution in [-0.4, -0.2) is 52.6 Å². The summed E-state index contributed by atoms with van der Waals surface area (Å²) in [6, 6.07) is 10.3. The maximum Gasteiger partial charge on any atom is 0.412 e. The van der Waals surface area contributed by atoms with Gasteiger partial charge in [-0.05, 0) is 63.9 Å². The number of nitrogens with two attached hydrogens (primary N) is 1. The van der Waals surface area contributed by atoms with Crippen molar-refractivity contribution in [1.29, 1.82) is 0 Å². The van der Waals surface area contributed by atoms with Gasteiger partial charge < -0.3 is 20.9 Å². The van der Waals surface area contributed by atoms with E-state index in [2.05, 4.69) is 10.6 Å². The van der Waals surface area contributed by atoms with Gasteiger partial charge in [-0.1, -0.05) is 30.3 Å². The topological polar surface area (TPSA) is 131 Å². The molecule has 0 aliphatic carbocycles. The van der Waals surface area contributed by atoms with Crippen molar-refractivity contribution in [3.63, 3.8) is 0 Å². The fourth-order valence-electron chi connectivity index (χ4n) is 3.21. The van der Waals surface area contributed by atoms with E-state index in [0.29, 0.717) is 11.3 Å². The monoisotopic (exact) mass is 491 g/mol. The molecule has 3 atom stereocenters. The van der Waals surface area contributed by atoms with Crippen molar-refractivity contribution in [3.05, 3.63) is 65.7 Å². The summed E-state index contributed by atoms with van der Waals surface area (Å²) >= 11 is 0. The molecule has 0 aliphatic rings. The van der Waals surface area contributed by atoms with E-state index in [0.717, 1.165) is 6.92 Å². The van der Waals surface area contributed by atoms with E-state index in [4.69, 9.17) is 10.5 Å². The smallest absolute Gasteiger partial charge is 0.412 e. The number of hydrogen-bond donors (Lipinski definition) is 4. The van der Waals surface area contributed by atoms with E-state index in [9.17, 15) is 28.3 Å². The van der Waals surface area contributed by atoms with Crippen molar-refractivity contribution in [2.75, 3.05) is 5.32 Å². The van der Waals surface area contributed by atoms with Crippen LogP contribution in [0.25, 0.3) is 0 Å². The summed E-state index contributed by atoms with van der Waals surface area (Å²) in [4.78, 5) is 36.1. The Bertz CT molecular complexity index is 1020. The first-order valence-electron chi connectivity index (χ1n) is 11.0. The molecule has 35 heavy (non-hydrogen) atoms. The molecule has 0 aliphatic heterocycles. The second-order valence-electron chi connectivity index (χ2n) is 9.18. The lowest BCUT2D eigenvalue weighted by atomic mass is 9.92. The molecule has 10 heteroatoms. The van der Waals surface area contributed by atoms with Crippen LogP contribution in [0.4, 0.5) is 19.3 Å². The highest BCUT2D eigenvalue weighted by Gasteiger charge is 2.50. The van der Waals surface area contributed by atoms with E-state index in [1.807, 2.05) is 0 Å². The Morgan fingerprint density at radius 3 is 2.11 bits per heavy atom. The number of rotatable bonds is 9. The van der Waals surface area contributed by atoms with Crippen molar-refractivity contribution >= 4 is 23.5 Å². The lowest BCUT2D eigenvalue weighted by Gasteiger charge is -2.33. The zero-order valence-electron chi connectivity index (χ0n) is 20.0. The van der Waals surface area contributed by atoms with Crippen molar-refractivity contribution in [2.45, 2.75) is 63.8 Å². The van der Waals surface area contributed by atoms with Crippen LogP contribution in [0, 0.1) is 0 Å². The normalized spacial score (nSPS) is 14.4. The van der Waals surface area contributed by atoms with Crippen molar-refractivity contribution in [2.24, 2.45) is 5.73 Å². The fraction of sp³-hybridized carbons (Fsp3) is 0.400. The summed E-state index contributed by atoms with van der Waals surface area (Å²) in [6.07, 6.45) is -3.31. The van der Waals surface area contributed by atoms with Crippen LogP contribution in [0.3, 0.4) is 0 Å². The van der Waals surface area contributed by atoms with Gasteiger partial charge in [0.2, 0.25) is 0 Å². The van der Waals surface area contributed by atoms with Crippen LogP contribution >= 0.6 is 0 Å². The highest BCUT2D eigenvalue weighted by molar-refractivity contribution is 5.94. The molecule has 3 unspecified atom stereocenters. The Labute approximate surface area is 202 Å². The van der Waals surface area contributed by atoms with E-state index in [-0.39, 0.29) is 12.0 Å². The van der Waals surface area contributed by atoms with Crippen LogP contribution in [0.2, 0.25) is 0 Å². The summed E-state index contributed by atoms with van der Waals surface area (Å²) in [5.74, 6) is -5.68. The summed E-state index contributed by atoms with van der Waals surface area (Å²) in [5.41, 5.74) is 5.76.